The lowest BCUT2D eigenvalue weighted by molar-refractivity contribution is 0.198. The first kappa shape index (κ1) is 13.6. The van der Waals surface area contributed by atoms with E-state index in [0.29, 0.717) is 12.4 Å². The molecule has 0 fully saturated rings. The van der Waals surface area contributed by atoms with Crippen molar-refractivity contribution < 1.29 is 14.6 Å². The number of hydrogen-bond donors (Lipinski definition) is 1. The minimum Gasteiger partial charge on any atom is -0.493 e. The Labute approximate surface area is 110 Å². The predicted octanol–water partition coefficient (Wildman–Crippen LogP) is 2.95. The van der Waals surface area contributed by atoms with E-state index in [1.807, 2.05) is 18.2 Å². The highest BCUT2D eigenvalue weighted by molar-refractivity contribution is 14.1. The van der Waals surface area contributed by atoms with E-state index in [4.69, 9.17) is 9.47 Å². The molecule has 0 bridgehead atoms. The maximum absolute atomic E-state index is 9.45. The predicted molar refractivity (Wildman–Crippen MR) is 72.6 cm³/mol. The molecule has 0 spiro atoms. The summed E-state index contributed by atoms with van der Waals surface area (Å²) in [6.45, 7) is 2.42. The summed E-state index contributed by atoms with van der Waals surface area (Å²) < 4.78 is 11.9. The van der Waals surface area contributed by atoms with E-state index >= 15 is 0 Å². The molecule has 0 saturated carbocycles. The van der Waals surface area contributed by atoms with Gasteiger partial charge in [0.05, 0.1) is 19.8 Å². The molecule has 90 valence electrons. The molecule has 1 unspecified atom stereocenters. The number of methoxy groups -OCH3 is 1. The van der Waals surface area contributed by atoms with E-state index in [1.165, 1.54) is 0 Å². The summed E-state index contributed by atoms with van der Waals surface area (Å²) in [5.41, 5.74) is 0.832. The third kappa shape index (κ3) is 3.83. The Kier molecular flexibility index (Phi) is 5.90. The fraction of sp³-hybridized carbons (Fsp3) is 0.500. The van der Waals surface area contributed by atoms with Crippen LogP contribution in [0.4, 0.5) is 0 Å². The van der Waals surface area contributed by atoms with E-state index < -0.39 is 6.10 Å². The Morgan fingerprint density at radius 1 is 1.38 bits per heavy atom. The van der Waals surface area contributed by atoms with Crippen molar-refractivity contribution in [3.05, 3.63) is 23.8 Å². The molecule has 1 rings (SSSR count). The molecule has 4 heteroatoms. The van der Waals surface area contributed by atoms with Crippen molar-refractivity contribution in [2.24, 2.45) is 0 Å². The van der Waals surface area contributed by atoms with Gasteiger partial charge in [0.2, 0.25) is 0 Å². The van der Waals surface area contributed by atoms with Crippen LogP contribution in [-0.2, 0) is 0 Å². The first-order chi connectivity index (χ1) is 7.69. The van der Waals surface area contributed by atoms with Gasteiger partial charge in [-0.25, -0.2) is 0 Å². The molecule has 0 heterocycles. The summed E-state index contributed by atoms with van der Waals surface area (Å²) in [7, 11) is 1.60. The fourth-order valence-electron chi connectivity index (χ4n) is 1.30. The second kappa shape index (κ2) is 6.96. The van der Waals surface area contributed by atoms with E-state index in [0.717, 1.165) is 22.2 Å². The van der Waals surface area contributed by atoms with Crippen LogP contribution in [0.3, 0.4) is 0 Å². The average Bonchev–Trinajstić information content (AvgIpc) is 2.29. The second-order valence-corrected chi connectivity index (χ2v) is 4.56. The molecule has 1 atom stereocenters. The molecule has 0 saturated heterocycles. The van der Waals surface area contributed by atoms with Crippen LogP contribution in [0.25, 0.3) is 0 Å². The largest absolute Gasteiger partial charge is 0.493 e. The lowest BCUT2D eigenvalue weighted by atomic mass is 10.1. The molecule has 16 heavy (non-hydrogen) atoms. The Hall–Kier alpha value is -0.490. The lowest BCUT2D eigenvalue weighted by Crippen LogP contribution is -2.01. The standard InChI is InChI=1S/C12H17IO3/c1-9(14)10-4-5-11(12(8-10)15-2)16-7-3-6-13/h4-5,8-9,14H,3,6-7H2,1-2H3. The van der Waals surface area contributed by atoms with E-state index in [1.54, 1.807) is 14.0 Å². The molecule has 0 aliphatic rings. The SMILES string of the molecule is COc1cc(C(C)O)ccc1OCCCI. The highest BCUT2D eigenvalue weighted by Gasteiger charge is 2.08. The number of hydrogen-bond acceptors (Lipinski definition) is 3. The minimum atomic E-state index is -0.489. The van der Waals surface area contributed by atoms with Gasteiger partial charge in [-0.2, -0.15) is 0 Å². The van der Waals surface area contributed by atoms with Crippen LogP contribution < -0.4 is 9.47 Å². The van der Waals surface area contributed by atoms with E-state index in [-0.39, 0.29) is 0 Å². The van der Waals surface area contributed by atoms with Gasteiger partial charge in [0.25, 0.3) is 0 Å². The summed E-state index contributed by atoms with van der Waals surface area (Å²) in [5, 5.41) is 9.45. The van der Waals surface area contributed by atoms with Crippen LogP contribution in [0, 0.1) is 0 Å². The molecular formula is C12H17IO3. The number of rotatable bonds is 6. The summed E-state index contributed by atoms with van der Waals surface area (Å²) in [4.78, 5) is 0. The lowest BCUT2D eigenvalue weighted by Gasteiger charge is -2.12. The Bertz CT molecular complexity index is 326. The first-order valence-electron chi connectivity index (χ1n) is 5.23. The normalized spacial score (nSPS) is 12.2. The van der Waals surface area contributed by atoms with E-state index in [9.17, 15) is 5.11 Å². The van der Waals surface area contributed by atoms with Gasteiger partial charge in [0, 0.05) is 4.43 Å². The van der Waals surface area contributed by atoms with Crippen LogP contribution in [0.1, 0.15) is 25.0 Å². The molecule has 1 aromatic carbocycles. The van der Waals surface area contributed by atoms with Crippen LogP contribution in [-0.4, -0.2) is 23.3 Å². The Morgan fingerprint density at radius 2 is 2.12 bits per heavy atom. The van der Waals surface area contributed by atoms with Gasteiger partial charge in [0.1, 0.15) is 0 Å². The van der Waals surface area contributed by atoms with Crippen molar-refractivity contribution in [1.82, 2.24) is 0 Å². The monoisotopic (exact) mass is 336 g/mol. The van der Waals surface area contributed by atoms with Crippen molar-refractivity contribution in [3.63, 3.8) is 0 Å². The first-order valence-corrected chi connectivity index (χ1v) is 6.76. The van der Waals surface area contributed by atoms with Crippen LogP contribution >= 0.6 is 22.6 Å². The maximum atomic E-state index is 9.45. The Balaban J connectivity index is 2.76. The molecule has 0 radical (unpaired) electrons. The van der Waals surface area contributed by atoms with Gasteiger partial charge < -0.3 is 14.6 Å². The minimum absolute atomic E-state index is 0.489. The number of ether oxygens (including phenoxy) is 2. The van der Waals surface area contributed by atoms with Crippen molar-refractivity contribution in [1.29, 1.82) is 0 Å². The molecular weight excluding hydrogens is 319 g/mol. The number of benzene rings is 1. The van der Waals surface area contributed by atoms with Crippen molar-refractivity contribution in [2.75, 3.05) is 18.1 Å². The van der Waals surface area contributed by atoms with Gasteiger partial charge in [-0.1, -0.05) is 28.7 Å². The van der Waals surface area contributed by atoms with Gasteiger partial charge >= 0.3 is 0 Å². The number of aliphatic hydroxyl groups excluding tert-OH is 1. The summed E-state index contributed by atoms with van der Waals surface area (Å²) >= 11 is 2.32. The molecule has 0 amide bonds. The average molecular weight is 336 g/mol. The van der Waals surface area contributed by atoms with Crippen molar-refractivity contribution in [3.8, 4) is 11.5 Å². The second-order valence-electron chi connectivity index (χ2n) is 3.48. The smallest absolute Gasteiger partial charge is 0.161 e. The Morgan fingerprint density at radius 3 is 2.69 bits per heavy atom. The number of alkyl halides is 1. The highest BCUT2D eigenvalue weighted by atomic mass is 127. The van der Waals surface area contributed by atoms with Crippen LogP contribution in [0.2, 0.25) is 0 Å². The van der Waals surface area contributed by atoms with Crippen molar-refractivity contribution >= 4 is 22.6 Å². The molecule has 1 N–H and O–H groups in total. The topological polar surface area (TPSA) is 38.7 Å². The van der Waals surface area contributed by atoms with Crippen molar-refractivity contribution in [2.45, 2.75) is 19.4 Å². The maximum Gasteiger partial charge on any atom is 0.161 e. The zero-order valence-corrected chi connectivity index (χ0v) is 11.7. The zero-order valence-electron chi connectivity index (χ0n) is 9.57. The van der Waals surface area contributed by atoms with Crippen LogP contribution in [0.15, 0.2) is 18.2 Å². The van der Waals surface area contributed by atoms with Gasteiger partial charge in [-0.05, 0) is 31.0 Å². The number of aliphatic hydroxyl groups is 1. The quantitative estimate of drug-likeness (QED) is 0.493. The summed E-state index contributed by atoms with van der Waals surface area (Å²) in [6, 6.07) is 5.50. The van der Waals surface area contributed by atoms with Gasteiger partial charge in [-0.15, -0.1) is 0 Å². The summed E-state index contributed by atoms with van der Waals surface area (Å²) in [5.74, 6) is 1.41. The van der Waals surface area contributed by atoms with Gasteiger partial charge in [0.15, 0.2) is 11.5 Å². The zero-order chi connectivity index (χ0) is 12.0. The third-order valence-corrected chi connectivity index (χ3v) is 2.97. The van der Waals surface area contributed by atoms with Crippen LogP contribution in [0.5, 0.6) is 11.5 Å². The van der Waals surface area contributed by atoms with E-state index in [2.05, 4.69) is 22.6 Å². The summed E-state index contributed by atoms with van der Waals surface area (Å²) in [6.07, 6.45) is 0.527. The molecule has 0 aliphatic heterocycles. The molecule has 0 aromatic heterocycles. The fourth-order valence-corrected chi connectivity index (χ4v) is 1.61. The molecule has 3 nitrogen and oxygen atoms in total. The molecule has 0 aliphatic carbocycles. The molecule has 1 aromatic rings. The van der Waals surface area contributed by atoms with Gasteiger partial charge in [-0.3, -0.25) is 0 Å². The number of halogens is 1. The highest BCUT2D eigenvalue weighted by Crippen LogP contribution is 2.30. The third-order valence-electron chi connectivity index (χ3n) is 2.21.